The molecule has 0 aromatic carbocycles. The summed E-state index contributed by atoms with van der Waals surface area (Å²) in [5, 5.41) is 7.49. The third-order valence-corrected chi connectivity index (χ3v) is 5.31. The highest BCUT2D eigenvalue weighted by Crippen LogP contribution is 2.37. The molecule has 2 bridgehead atoms. The third-order valence-electron chi connectivity index (χ3n) is 4.76. The Morgan fingerprint density at radius 2 is 2.00 bits per heavy atom. The number of hydrogen-bond donors (Lipinski definition) is 1. The molecule has 1 amide bonds. The number of hydrogen-bond acceptors (Lipinski definition) is 8. The fraction of sp³-hybridized carbons (Fsp3) is 0.588. The van der Waals surface area contributed by atoms with Gasteiger partial charge in [-0.3, -0.25) is 9.69 Å². The maximum Gasteiger partial charge on any atom is 0.410 e. The van der Waals surface area contributed by atoms with Gasteiger partial charge in [-0.15, -0.1) is 0 Å². The van der Waals surface area contributed by atoms with E-state index < -0.39 is 5.60 Å². The summed E-state index contributed by atoms with van der Waals surface area (Å²) in [7, 11) is 0. The highest BCUT2D eigenvalue weighted by atomic mass is 32.2. The number of carbonyl (C=O) groups excluding carboxylic acids is 1. The molecule has 144 valence electrons. The summed E-state index contributed by atoms with van der Waals surface area (Å²) in [5.41, 5.74) is -0.504. The Kier molecular flexibility index (Phi) is 4.25. The largest absolute Gasteiger partial charge is 0.444 e. The molecule has 5 heterocycles. The molecule has 3 fully saturated rings. The molecule has 0 radical (unpaired) electrons. The Morgan fingerprint density at radius 1 is 1.30 bits per heavy atom. The molecular formula is C17H22N6O3S. The summed E-state index contributed by atoms with van der Waals surface area (Å²) in [6, 6.07) is 0.160. The number of thioether (sulfide) groups is 1. The van der Waals surface area contributed by atoms with E-state index in [1.807, 2.05) is 31.9 Å². The summed E-state index contributed by atoms with van der Waals surface area (Å²) >= 11 is 1.39. The first-order valence-corrected chi connectivity index (χ1v) is 10.0. The van der Waals surface area contributed by atoms with E-state index in [-0.39, 0.29) is 23.7 Å². The lowest BCUT2D eigenvalue weighted by Crippen LogP contribution is -2.70. The van der Waals surface area contributed by atoms with E-state index in [0.717, 1.165) is 6.42 Å². The fourth-order valence-electron chi connectivity index (χ4n) is 3.67. The predicted octanol–water partition coefficient (Wildman–Crippen LogP) is 1.63. The van der Waals surface area contributed by atoms with Crippen LogP contribution in [0.5, 0.6) is 0 Å². The lowest BCUT2D eigenvalue weighted by atomic mass is 9.88. The van der Waals surface area contributed by atoms with Crippen LogP contribution in [-0.4, -0.2) is 68.2 Å². The van der Waals surface area contributed by atoms with Crippen LogP contribution >= 0.6 is 11.8 Å². The SMILES string of the molecule is CSc1nc(N2CC3CC(C2)N3C(=O)OC(C)(C)C)c2cn[nH]c(=O)c2n1. The minimum atomic E-state index is -0.510. The first-order valence-electron chi connectivity index (χ1n) is 8.82. The van der Waals surface area contributed by atoms with Gasteiger partial charge in [0.25, 0.3) is 5.56 Å². The van der Waals surface area contributed by atoms with Crippen molar-refractivity contribution in [3.63, 3.8) is 0 Å². The topological polar surface area (TPSA) is 104 Å². The number of piperidine rings is 1. The van der Waals surface area contributed by atoms with E-state index in [1.54, 1.807) is 6.20 Å². The number of fused-ring (bicyclic) bond motifs is 3. The van der Waals surface area contributed by atoms with Crippen LogP contribution in [0.1, 0.15) is 27.2 Å². The molecule has 3 saturated heterocycles. The van der Waals surface area contributed by atoms with Crippen molar-refractivity contribution in [1.82, 2.24) is 25.1 Å². The molecule has 0 spiro atoms. The molecule has 2 aromatic heterocycles. The molecule has 1 N–H and O–H groups in total. The van der Waals surface area contributed by atoms with Crippen LogP contribution in [0.25, 0.3) is 10.9 Å². The van der Waals surface area contributed by atoms with E-state index >= 15 is 0 Å². The fourth-order valence-corrected chi connectivity index (χ4v) is 4.03. The first-order chi connectivity index (χ1) is 12.8. The summed E-state index contributed by atoms with van der Waals surface area (Å²) in [5.74, 6) is 0.696. The Labute approximate surface area is 160 Å². The van der Waals surface area contributed by atoms with Crippen molar-refractivity contribution < 1.29 is 9.53 Å². The number of nitrogens with one attached hydrogen (secondary N) is 1. The molecule has 0 saturated carbocycles. The summed E-state index contributed by atoms with van der Waals surface area (Å²) in [6.07, 6.45) is 4.15. The Morgan fingerprint density at radius 3 is 2.63 bits per heavy atom. The number of rotatable bonds is 2. The molecular weight excluding hydrogens is 368 g/mol. The molecule has 2 aromatic rings. The molecule has 27 heavy (non-hydrogen) atoms. The number of anilines is 1. The molecule has 5 rings (SSSR count). The number of aromatic amines is 1. The van der Waals surface area contributed by atoms with Crippen LogP contribution in [-0.2, 0) is 4.74 Å². The van der Waals surface area contributed by atoms with E-state index in [0.29, 0.717) is 35.0 Å². The Bertz CT molecular complexity index is 944. The number of ether oxygens (including phenoxy) is 1. The molecule has 0 aliphatic carbocycles. The highest BCUT2D eigenvalue weighted by Gasteiger charge is 2.49. The number of piperazine rings is 1. The van der Waals surface area contributed by atoms with Gasteiger partial charge in [0.1, 0.15) is 16.9 Å². The van der Waals surface area contributed by atoms with Gasteiger partial charge >= 0.3 is 6.09 Å². The number of carbonyl (C=O) groups is 1. The van der Waals surface area contributed by atoms with Gasteiger partial charge < -0.3 is 9.64 Å². The minimum absolute atomic E-state index is 0.0799. The van der Waals surface area contributed by atoms with Crippen LogP contribution in [0, 0.1) is 0 Å². The maximum atomic E-state index is 12.5. The summed E-state index contributed by atoms with van der Waals surface area (Å²) < 4.78 is 5.53. The molecule has 2 atom stereocenters. The van der Waals surface area contributed by atoms with Crippen LogP contribution < -0.4 is 10.5 Å². The van der Waals surface area contributed by atoms with Crippen LogP contribution in [0.15, 0.2) is 16.1 Å². The van der Waals surface area contributed by atoms with E-state index in [1.165, 1.54) is 11.8 Å². The third kappa shape index (κ3) is 3.22. The second kappa shape index (κ2) is 6.36. The Balaban J connectivity index is 1.62. The zero-order chi connectivity index (χ0) is 19.3. The van der Waals surface area contributed by atoms with Gasteiger partial charge in [0.05, 0.1) is 23.7 Å². The maximum absolute atomic E-state index is 12.5. The van der Waals surface area contributed by atoms with Gasteiger partial charge in [-0.05, 0) is 33.4 Å². The van der Waals surface area contributed by atoms with Gasteiger partial charge in [0.15, 0.2) is 5.16 Å². The van der Waals surface area contributed by atoms with Gasteiger partial charge in [0, 0.05) is 13.1 Å². The van der Waals surface area contributed by atoms with E-state index in [9.17, 15) is 9.59 Å². The summed E-state index contributed by atoms with van der Waals surface area (Å²) in [6.45, 7) is 6.89. The average molecular weight is 390 g/mol. The van der Waals surface area contributed by atoms with Gasteiger partial charge in [-0.25, -0.2) is 19.9 Å². The highest BCUT2D eigenvalue weighted by molar-refractivity contribution is 7.98. The van der Waals surface area contributed by atoms with Crippen molar-refractivity contribution in [2.75, 3.05) is 24.2 Å². The van der Waals surface area contributed by atoms with Crippen molar-refractivity contribution in [2.24, 2.45) is 0 Å². The number of H-pyrrole nitrogens is 1. The van der Waals surface area contributed by atoms with E-state index in [2.05, 4.69) is 25.1 Å². The van der Waals surface area contributed by atoms with Gasteiger partial charge in [-0.2, -0.15) is 5.10 Å². The second-order valence-electron chi connectivity index (χ2n) is 7.83. The van der Waals surface area contributed by atoms with E-state index in [4.69, 9.17) is 4.74 Å². The number of amides is 1. The zero-order valence-electron chi connectivity index (χ0n) is 15.7. The normalized spacial score (nSPS) is 21.9. The molecule has 9 nitrogen and oxygen atoms in total. The average Bonchev–Trinajstić information content (AvgIpc) is 2.59. The Hall–Kier alpha value is -2.36. The molecule has 2 unspecified atom stereocenters. The van der Waals surface area contributed by atoms with Crippen molar-refractivity contribution in [2.45, 2.75) is 50.0 Å². The monoisotopic (exact) mass is 390 g/mol. The molecule has 3 aliphatic rings. The van der Waals surface area contributed by atoms with Gasteiger partial charge in [0.2, 0.25) is 0 Å². The van der Waals surface area contributed by atoms with Crippen LogP contribution in [0.3, 0.4) is 0 Å². The van der Waals surface area contributed by atoms with Crippen LogP contribution in [0.4, 0.5) is 10.6 Å². The standard InChI is InChI=1S/C17H22N6O3S/c1-17(2,3)26-16(25)23-9-5-10(23)8-22(7-9)13-11-6-18-21-14(24)12(11)19-15(20-13)27-4/h6,9-10H,5,7-8H2,1-4H3,(H,21,24). The first kappa shape index (κ1) is 18.0. The van der Waals surface area contributed by atoms with Crippen molar-refractivity contribution in [1.29, 1.82) is 0 Å². The minimum Gasteiger partial charge on any atom is -0.444 e. The molecule has 3 aliphatic heterocycles. The quantitative estimate of drug-likeness (QED) is 0.609. The van der Waals surface area contributed by atoms with Crippen molar-refractivity contribution in [3.8, 4) is 0 Å². The predicted molar refractivity (Wildman–Crippen MR) is 102 cm³/mol. The lowest BCUT2D eigenvalue weighted by Gasteiger charge is -2.56. The number of nitrogens with zero attached hydrogens (tertiary/aromatic N) is 5. The number of aromatic nitrogens is 4. The molecule has 10 heteroatoms. The van der Waals surface area contributed by atoms with Crippen molar-refractivity contribution in [3.05, 3.63) is 16.6 Å². The van der Waals surface area contributed by atoms with Gasteiger partial charge in [-0.1, -0.05) is 11.8 Å². The zero-order valence-corrected chi connectivity index (χ0v) is 16.5. The second-order valence-corrected chi connectivity index (χ2v) is 8.60. The van der Waals surface area contributed by atoms with Crippen LogP contribution in [0.2, 0.25) is 0 Å². The summed E-state index contributed by atoms with van der Waals surface area (Å²) in [4.78, 5) is 37.5. The van der Waals surface area contributed by atoms with Crippen molar-refractivity contribution >= 4 is 34.6 Å². The lowest BCUT2D eigenvalue weighted by molar-refractivity contribution is -0.0380. The smallest absolute Gasteiger partial charge is 0.410 e.